The molecule has 0 radical (unpaired) electrons. The summed E-state index contributed by atoms with van der Waals surface area (Å²) in [6.07, 6.45) is -0.485. The van der Waals surface area contributed by atoms with E-state index in [1.807, 2.05) is 18.7 Å². The quantitative estimate of drug-likeness (QED) is 0.753. The van der Waals surface area contributed by atoms with Crippen LogP contribution in [0.2, 0.25) is 0 Å². The lowest BCUT2D eigenvalue weighted by Crippen LogP contribution is -2.41. The summed E-state index contributed by atoms with van der Waals surface area (Å²) in [7, 11) is 0. The van der Waals surface area contributed by atoms with Crippen molar-refractivity contribution < 1.29 is 14.7 Å². The number of rotatable bonds is 7. The fourth-order valence-corrected chi connectivity index (χ4v) is 2.00. The molecule has 21 heavy (non-hydrogen) atoms. The van der Waals surface area contributed by atoms with E-state index in [9.17, 15) is 14.7 Å². The Morgan fingerprint density at radius 2 is 1.95 bits per heavy atom. The van der Waals surface area contributed by atoms with Crippen LogP contribution in [0.4, 0.5) is 5.69 Å². The SMILES string of the molecule is CC(=O)c1cccc(NC(=O)CN(CC(C)O)C(C)C)c1. The van der Waals surface area contributed by atoms with E-state index in [4.69, 9.17) is 0 Å². The maximum Gasteiger partial charge on any atom is 0.238 e. The molecule has 1 unspecified atom stereocenters. The van der Waals surface area contributed by atoms with Crippen molar-refractivity contribution in [2.75, 3.05) is 18.4 Å². The Morgan fingerprint density at radius 3 is 2.48 bits per heavy atom. The molecule has 0 saturated carbocycles. The number of hydrogen-bond donors (Lipinski definition) is 2. The molecule has 0 aliphatic rings. The maximum absolute atomic E-state index is 12.1. The summed E-state index contributed by atoms with van der Waals surface area (Å²) in [6, 6.07) is 7.02. The standard InChI is InChI=1S/C16H24N2O3/c1-11(2)18(9-12(3)19)10-16(21)17-15-7-5-6-14(8-15)13(4)20/h5-8,11-12,19H,9-10H2,1-4H3,(H,17,21). The third-order valence-corrected chi connectivity index (χ3v) is 3.13. The molecule has 1 rings (SSSR count). The van der Waals surface area contributed by atoms with Gasteiger partial charge < -0.3 is 10.4 Å². The summed E-state index contributed by atoms with van der Waals surface area (Å²) in [5.41, 5.74) is 1.17. The Hall–Kier alpha value is -1.72. The first-order valence-corrected chi connectivity index (χ1v) is 7.12. The van der Waals surface area contributed by atoms with Gasteiger partial charge in [0.25, 0.3) is 0 Å². The summed E-state index contributed by atoms with van der Waals surface area (Å²) in [5.74, 6) is -0.200. The Kier molecular flexibility index (Phi) is 6.52. The number of aliphatic hydroxyl groups is 1. The smallest absolute Gasteiger partial charge is 0.238 e. The average molecular weight is 292 g/mol. The molecule has 0 aliphatic carbocycles. The topological polar surface area (TPSA) is 69.6 Å². The molecule has 5 heteroatoms. The van der Waals surface area contributed by atoms with Crippen LogP contribution in [-0.4, -0.2) is 46.9 Å². The molecular weight excluding hydrogens is 268 g/mol. The summed E-state index contributed by atoms with van der Waals surface area (Å²) in [4.78, 5) is 25.3. The zero-order valence-electron chi connectivity index (χ0n) is 13.1. The van der Waals surface area contributed by atoms with Crippen LogP contribution in [-0.2, 0) is 4.79 Å². The van der Waals surface area contributed by atoms with Gasteiger partial charge in [-0.15, -0.1) is 0 Å². The lowest BCUT2D eigenvalue weighted by Gasteiger charge is -2.26. The molecule has 0 fully saturated rings. The van der Waals surface area contributed by atoms with Crippen LogP contribution in [0.25, 0.3) is 0 Å². The van der Waals surface area contributed by atoms with Crippen LogP contribution < -0.4 is 5.32 Å². The Morgan fingerprint density at radius 1 is 1.29 bits per heavy atom. The number of amides is 1. The van der Waals surface area contributed by atoms with Crippen molar-refractivity contribution in [3.05, 3.63) is 29.8 Å². The number of benzene rings is 1. The molecule has 0 aliphatic heterocycles. The van der Waals surface area contributed by atoms with Crippen molar-refractivity contribution in [1.29, 1.82) is 0 Å². The number of nitrogens with zero attached hydrogens (tertiary/aromatic N) is 1. The third kappa shape index (κ3) is 6.06. The van der Waals surface area contributed by atoms with E-state index in [0.29, 0.717) is 17.8 Å². The van der Waals surface area contributed by atoms with E-state index in [1.54, 1.807) is 31.2 Å². The first-order chi connectivity index (χ1) is 9.79. The van der Waals surface area contributed by atoms with Crippen molar-refractivity contribution >= 4 is 17.4 Å². The van der Waals surface area contributed by atoms with E-state index in [2.05, 4.69) is 5.32 Å². The summed E-state index contributed by atoms with van der Waals surface area (Å²) in [6.45, 7) is 7.79. The minimum Gasteiger partial charge on any atom is -0.392 e. The van der Waals surface area contributed by atoms with Gasteiger partial charge in [-0.2, -0.15) is 0 Å². The molecular formula is C16H24N2O3. The molecule has 1 aromatic rings. The van der Waals surface area contributed by atoms with Gasteiger partial charge in [-0.25, -0.2) is 0 Å². The highest BCUT2D eigenvalue weighted by Gasteiger charge is 2.16. The van der Waals surface area contributed by atoms with Gasteiger partial charge >= 0.3 is 0 Å². The molecule has 0 aromatic heterocycles. The first kappa shape index (κ1) is 17.3. The molecule has 5 nitrogen and oxygen atoms in total. The number of carbonyl (C=O) groups is 2. The number of carbonyl (C=O) groups excluding carboxylic acids is 2. The van der Waals surface area contributed by atoms with Gasteiger partial charge in [0, 0.05) is 23.8 Å². The molecule has 0 saturated heterocycles. The Balaban J connectivity index is 2.67. The van der Waals surface area contributed by atoms with Crippen LogP contribution in [0.5, 0.6) is 0 Å². The average Bonchev–Trinajstić information content (AvgIpc) is 2.37. The molecule has 0 bridgehead atoms. The predicted octanol–water partition coefficient (Wildman–Crippen LogP) is 1.92. The largest absolute Gasteiger partial charge is 0.392 e. The van der Waals surface area contributed by atoms with Crippen LogP contribution in [0, 0.1) is 0 Å². The second-order valence-electron chi connectivity index (χ2n) is 5.56. The fourth-order valence-electron chi connectivity index (χ4n) is 2.00. The van der Waals surface area contributed by atoms with Gasteiger partial charge in [0.1, 0.15) is 0 Å². The summed E-state index contributed by atoms with van der Waals surface area (Å²) >= 11 is 0. The number of ketones is 1. The second-order valence-corrected chi connectivity index (χ2v) is 5.56. The van der Waals surface area contributed by atoms with Gasteiger partial charge in [-0.1, -0.05) is 12.1 Å². The summed E-state index contributed by atoms with van der Waals surface area (Å²) in [5, 5.41) is 12.2. The van der Waals surface area contributed by atoms with Gasteiger partial charge in [0.2, 0.25) is 5.91 Å². The van der Waals surface area contributed by atoms with E-state index in [1.165, 1.54) is 6.92 Å². The highest BCUT2D eigenvalue weighted by molar-refractivity contribution is 5.97. The van der Waals surface area contributed by atoms with Gasteiger partial charge in [0.05, 0.1) is 12.6 Å². The van der Waals surface area contributed by atoms with E-state index in [-0.39, 0.29) is 24.3 Å². The van der Waals surface area contributed by atoms with Gasteiger partial charge in [0.15, 0.2) is 5.78 Å². The van der Waals surface area contributed by atoms with E-state index < -0.39 is 6.10 Å². The van der Waals surface area contributed by atoms with E-state index in [0.717, 1.165) is 0 Å². The normalized spacial score (nSPS) is 12.5. The van der Waals surface area contributed by atoms with Crippen LogP contribution in [0.1, 0.15) is 38.1 Å². The summed E-state index contributed by atoms with van der Waals surface area (Å²) < 4.78 is 0. The van der Waals surface area contributed by atoms with Crippen LogP contribution in [0.3, 0.4) is 0 Å². The highest BCUT2D eigenvalue weighted by atomic mass is 16.3. The Bertz CT molecular complexity index is 498. The molecule has 0 heterocycles. The lowest BCUT2D eigenvalue weighted by molar-refractivity contribution is -0.118. The van der Waals surface area contributed by atoms with Gasteiger partial charge in [-0.3, -0.25) is 14.5 Å². The zero-order valence-corrected chi connectivity index (χ0v) is 13.1. The number of aliphatic hydroxyl groups excluding tert-OH is 1. The molecule has 0 spiro atoms. The molecule has 1 atom stereocenters. The van der Waals surface area contributed by atoms with Crippen molar-refractivity contribution in [3.63, 3.8) is 0 Å². The molecule has 116 valence electrons. The number of nitrogens with one attached hydrogen (secondary N) is 1. The fraction of sp³-hybridized carbons (Fsp3) is 0.500. The van der Waals surface area contributed by atoms with Crippen molar-refractivity contribution in [2.24, 2.45) is 0 Å². The van der Waals surface area contributed by atoms with E-state index >= 15 is 0 Å². The number of anilines is 1. The minimum atomic E-state index is -0.485. The zero-order chi connectivity index (χ0) is 16.0. The van der Waals surface area contributed by atoms with Crippen molar-refractivity contribution in [1.82, 2.24) is 4.90 Å². The number of hydrogen-bond acceptors (Lipinski definition) is 4. The predicted molar refractivity (Wildman–Crippen MR) is 83.5 cm³/mol. The second kappa shape index (κ2) is 7.90. The van der Waals surface area contributed by atoms with Crippen LogP contribution >= 0.6 is 0 Å². The van der Waals surface area contributed by atoms with Gasteiger partial charge in [-0.05, 0) is 39.8 Å². The minimum absolute atomic E-state index is 0.0380. The maximum atomic E-state index is 12.1. The van der Waals surface area contributed by atoms with Crippen LogP contribution in [0.15, 0.2) is 24.3 Å². The lowest BCUT2D eigenvalue weighted by atomic mass is 10.1. The Labute approximate surface area is 126 Å². The molecule has 1 amide bonds. The highest BCUT2D eigenvalue weighted by Crippen LogP contribution is 2.11. The van der Waals surface area contributed by atoms with Crippen molar-refractivity contribution in [3.8, 4) is 0 Å². The first-order valence-electron chi connectivity index (χ1n) is 7.12. The number of Topliss-reactive ketones (excluding diaryl/α,β-unsaturated/α-hetero) is 1. The molecule has 1 aromatic carbocycles. The monoisotopic (exact) mass is 292 g/mol. The van der Waals surface area contributed by atoms with Crippen molar-refractivity contribution in [2.45, 2.75) is 39.8 Å². The molecule has 2 N–H and O–H groups in total. The third-order valence-electron chi connectivity index (χ3n) is 3.13.